The van der Waals surface area contributed by atoms with Crippen LogP contribution in [-0.4, -0.2) is 19.2 Å². The highest BCUT2D eigenvalue weighted by atomic mass is 16.5. The molecular formula is C13H19NO2. The van der Waals surface area contributed by atoms with Crippen LogP contribution in [0.1, 0.15) is 31.7 Å². The molecule has 1 amide bonds. The summed E-state index contributed by atoms with van der Waals surface area (Å²) in [6, 6.07) is 10.2. The second-order valence-electron chi connectivity index (χ2n) is 3.62. The Balaban J connectivity index is 2.47. The van der Waals surface area contributed by atoms with E-state index < -0.39 is 0 Å². The number of carbonyl (C=O) groups is 1. The Labute approximate surface area is 96.8 Å². The highest BCUT2D eigenvalue weighted by molar-refractivity contribution is 5.67. The van der Waals surface area contributed by atoms with E-state index in [1.54, 1.807) is 6.92 Å². The fourth-order valence-electron chi connectivity index (χ4n) is 1.61. The molecule has 1 aromatic rings. The van der Waals surface area contributed by atoms with Crippen LogP contribution in [0.25, 0.3) is 0 Å². The van der Waals surface area contributed by atoms with Crippen molar-refractivity contribution in [3.63, 3.8) is 0 Å². The third-order valence-corrected chi connectivity index (χ3v) is 2.53. The molecule has 0 saturated carbocycles. The lowest BCUT2D eigenvalue weighted by molar-refractivity contribution is 0.151. The minimum absolute atomic E-state index is 0.336. The molecule has 16 heavy (non-hydrogen) atoms. The fourth-order valence-corrected chi connectivity index (χ4v) is 1.61. The molecule has 0 unspecified atom stereocenters. The molecule has 0 spiro atoms. The first-order chi connectivity index (χ1) is 7.77. The topological polar surface area (TPSA) is 38.3 Å². The van der Waals surface area contributed by atoms with Crippen LogP contribution in [-0.2, 0) is 4.74 Å². The standard InChI is InChI=1S/C13H19NO2/c1-3-11(10-14-13(15)16-4-2)12-8-6-5-7-9-12/h5-9,11H,3-4,10H2,1-2H3,(H,14,15)/t11-/m0/s1. The Morgan fingerprint density at radius 2 is 2.00 bits per heavy atom. The van der Waals surface area contributed by atoms with Crippen molar-refractivity contribution < 1.29 is 9.53 Å². The Hall–Kier alpha value is -1.51. The van der Waals surface area contributed by atoms with Gasteiger partial charge in [-0.05, 0) is 18.9 Å². The van der Waals surface area contributed by atoms with Gasteiger partial charge in [0.05, 0.1) is 6.61 Å². The van der Waals surface area contributed by atoms with Gasteiger partial charge < -0.3 is 10.1 Å². The lowest BCUT2D eigenvalue weighted by Crippen LogP contribution is -2.28. The van der Waals surface area contributed by atoms with E-state index in [4.69, 9.17) is 4.74 Å². The fraction of sp³-hybridized carbons (Fsp3) is 0.462. The van der Waals surface area contributed by atoms with Gasteiger partial charge in [-0.15, -0.1) is 0 Å². The first kappa shape index (κ1) is 12.6. The minimum Gasteiger partial charge on any atom is -0.450 e. The van der Waals surface area contributed by atoms with Gasteiger partial charge >= 0.3 is 6.09 Å². The van der Waals surface area contributed by atoms with Crippen molar-refractivity contribution in [2.45, 2.75) is 26.2 Å². The molecule has 0 aliphatic heterocycles. The van der Waals surface area contributed by atoms with Gasteiger partial charge in [-0.2, -0.15) is 0 Å². The van der Waals surface area contributed by atoms with Crippen molar-refractivity contribution in [1.82, 2.24) is 5.32 Å². The lowest BCUT2D eigenvalue weighted by atomic mass is 9.97. The molecule has 3 nitrogen and oxygen atoms in total. The molecule has 3 heteroatoms. The summed E-state index contributed by atoms with van der Waals surface area (Å²) in [4.78, 5) is 11.2. The number of benzene rings is 1. The van der Waals surface area contributed by atoms with Gasteiger partial charge in [-0.3, -0.25) is 0 Å². The van der Waals surface area contributed by atoms with Gasteiger partial charge in [-0.1, -0.05) is 37.3 Å². The van der Waals surface area contributed by atoms with Crippen molar-refractivity contribution in [3.05, 3.63) is 35.9 Å². The predicted octanol–water partition coefficient (Wildman–Crippen LogP) is 2.93. The molecule has 0 bridgehead atoms. The molecule has 0 heterocycles. The van der Waals surface area contributed by atoms with E-state index in [0.29, 0.717) is 19.1 Å². The van der Waals surface area contributed by atoms with Crippen LogP contribution >= 0.6 is 0 Å². The van der Waals surface area contributed by atoms with Crippen molar-refractivity contribution in [2.24, 2.45) is 0 Å². The van der Waals surface area contributed by atoms with Gasteiger partial charge in [0, 0.05) is 12.5 Å². The number of rotatable bonds is 5. The zero-order valence-corrected chi connectivity index (χ0v) is 9.90. The van der Waals surface area contributed by atoms with Gasteiger partial charge in [0.15, 0.2) is 0 Å². The molecule has 88 valence electrons. The molecule has 1 N–H and O–H groups in total. The number of ether oxygens (including phenoxy) is 1. The number of carbonyl (C=O) groups excluding carboxylic acids is 1. The quantitative estimate of drug-likeness (QED) is 0.830. The van der Waals surface area contributed by atoms with Crippen LogP contribution in [0.15, 0.2) is 30.3 Å². The normalized spacial score (nSPS) is 11.9. The van der Waals surface area contributed by atoms with Crippen molar-refractivity contribution in [3.8, 4) is 0 Å². The molecule has 0 aliphatic rings. The van der Waals surface area contributed by atoms with E-state index in [-0.39, 0.29) is 6.09 Å². The largest absolute Gasteiger partial charge is 0.450 e. The van der Waals surface area contributed by atoms with Crippen molar-refractivity contribution in [2.75, 3.05) is 13.2 Å². The second kappa shape index (κ2) is 6.88. The van der Waals surface area contributed by atoms with Gasteiger partial charge in [0.2, 0.25) is 0 Å². The summed E-state index contributed by atoms with van der Waals surface area (Å²) in [7, 11) is 0. The van der Waals surface area contributed by atoms with Gasteiger partial charge in [0.1, 0.15) is 0 Å². The van der Waals surface area contributed by atoms with E-state index in [9.17, 15) is 4.79 Å². The van der Waals surface area contributed by atoms with Crippen molar-refractivity contribution >= 4 is 6.09 Å². The zero-order chi connectivity index (χ0) is 11.8. The van der Waals surface area contributed by atoms with E-state index in [0.717, 1.165) is 6.42 Å². The van der Waals surface area contributed by atoms with Crippen LogP contribution in [0.5, 0.6) is 0 Å². The Morgan fingerprint density at radius 3 is 2.56 bits per heavy atom. The summed E-state index contributed by atoms with van der Waals surface area (Å²) in [5, 5.41) is 2.77. The Kier molecular flexibility index (Phi) is 5.40. The van der Waals surface area contributed by atoms with Crippen LogP contribution in [0.3, 0.4) is 0 Å². The second-order valence-corrected chi connectivity index (χ2v) is 3.62. The maximum Gasteiger partial charge on any atom is 0.407 e. The van der Waals surface area contributed by atoms with Crippen molar-refractivity contribution in [1.29, 1.82) is 0 Å². The minimum atomic E-state index is -0.336. The van der Waals surface area contributed by atoms with Crippen LogP contribution in [0.4, 0.5) is 4.79 Å². The molecule has 0 fully saturated rings. The smallest absolute Gasteiger partial charge is 0.407 e. The van der Waals surface area contributed by atoms with Gasteiger partial charge in [-0.25, -0.2) is 4.79 Å². The number of hydrogen-bond acceptors (Lipinski definition) is 2. The number of alkyl carbamates (subject to hydrolysis) is 1. The van der Waals surface area contributed by atoms with Crippen LogP contribution < -0.4 is 5.32 Å². The molecule has 1 atom stereocenters. The van der Waals surface area contributed by atoms with Crippen LogP contribution in [0.2, 0.25) is 0 Å². The summed E-state index contributed by atoms with van der Waals surface area (Å²) in [6.45, 7) is 4.95. The zero-order valence-electron chi connectivity index (χ0n) is 9.90. The van der Waals surface area contributed by atoms with E-state index in [2.05, 4.69) is 24.4 Å². The number of amides is 1. The molecule has 0 aliphatic carbocycles. The third kappa shape index (κ3) is 3.93. The van der Waals surface area contributed by atoms with E-state index in [1.807, 2.05) is 18.2 Å². The molecule has 1 rings (SSSR count). The molecule has 1 aromatic carbocycles. The maximum absolute atomic E-state index is 11.2. The molecule has 0 saturated heterocycles. The lowest BCUT2D eigenvalue weighted by Gasteiger charge is -2.15. The monoisotopic (exact) mass is 221 g/mol. The van der Waals surface area contributed by atoms with E-state index >= 15 is 0 Å². The summed E-state index contributed by atoms with van der Waals surface area (Å²) >= 11 is 0. The first-order valence-corrected chi connectivity index (χ1v) is 5.73. The summed E-state index contributed by atoms with van der Waals surface area (Å²) in [6.07, 6.45) is 0.660. The average molecular weight is 221 g/mol. The highest BCUT2D eigenvalue weighted by Crippen LogP contribution is 2.17. The summed E-state index contributed by atoms with van der Waals surface area (Å²) < 4.78 is 4.82. The Bertz CT molecular complexity index is 311. The SMILES string of the molecule is CCOC(=O)NC[C@H](CC)c1ccccc1. The summed E-state index contributed by atoms with van der Waals surface area (Å²) in [5.74, 6) is 0.352. The molecule has 0 aromatic heterocycles. The van der Waals surface area contributed by atoms with Gasteiger partial charge in [0.25, 0.3) is 0 Å². The first-order valence-electron chi connectivity index (χ1n) is 5.73. The maximum atomic E-state index is 11.2. The summed E-state index contributed by atoms with van der Waals surface area (Å²) in [5.41, 5.74) is 1.25. The highest BCUT2D eigenvalue weighted by Gasteiger charge is 2.10. The van der Waals surface area contributed by atoms with E-state index in [1.165, 1.54) is 5.56 Å². The van der Waals surface area contributed by atoms with Crippen LogP contribution in [0, 0.1) is 0 Å². The predicted molar refractivity (Wildman–Crippen MR) is 64.5 cm³/mol. The Morgan fingerprint density at radius 1 is 1.31 bits per heavy atom. The number of hydrogen-bond donors (Lipinski definition) is 1. The number of nitrogens with one attached hydrogen (secondary N) is 1. The molecule has 0 radical (unpaired) electrons. The third-order valence-electron chi connectivity index (χ3n) is 2.53. The molecular weight excluding hydrogens is 202 g/mol. The average Bonchev–Trinajstić information content (AvgIpc) is 2.31.